The number of ether oxygens (including phenoxy) is 1. The van der Waals surface area contributed by atoms with Gasteiger partial charge in [0.2, 0.25) is 5.95 Å². The molecule has 0 saturated heterocycles. The molecule has 4 aromatic rings. The van der Waals surface area contributed by atoms with Crippen LogP contribution in [-0.2, 0) is 0 Å². The molecule has 6 nitrogen and oxygen atoms in total. The summed E-state index contributed by atoms with van der Waals surface area (Å²) >= 11 is 3.56. The fraction of sp³-hybridized carbons (Fsp3) is 0.154. The summed E-state index contributed by atoms with van der Waals surface area (Å²) in [6.45, 7) is 0. The van der Waals surface area contributed by atoms with Crippen LogP contribution < -0.4 is 15.0 Å². The lowest BCUT2D eigenvalue weighted by molar-refractivity contribution is 0.223. The van der Waals surface area contributed by atoms with E-state index in [1.54, 1.807) is 6.33 Å². The highest BCUT2D eigenvalue weighted by Gasteiger charge is 2.40. The van der Waals surface area contributed by atoms with Gasteiger partial charge in [0.05, 0.1) is 5.70 Å². The van der Waals surface area contributed by atoms with Crippen molar-refractivity contribution in [1.82, 2.24) is 14.8 Å². The molecule has 0 aliphatic carbocycles. The molecular formula is C26H22BrN5O. The Morgan fingerprint density at radius 1 is 0.939 bits per heavy atom. The Hall–Kier alpha value is -3.58. The van der Waals surface area contributed by atoms with Crippen molar-refractivity contribution in [3.8, 4) is 5.75 Å². The number of hydrogen-bond donors (Lipinski definition) is 1. The highest BCUT2D eigenvalue weighted by atomic mass is 79.9. The van der Waals surface area contributed by atoms with E-state index in [-0.39, 0.29) is 12.1 Å². The number of para-hydroxylation sites is 1. The average molecular weight is 500 g/mol. The van der Waals surface area contributed by atoms with Crippen molar-refractivity contribution >= 4 is 33.3 Å². The minimum atomic E-state index is -0.274. The molecule has 6 rings (SSSR count). The number of hydrogen-bond acceptors (Lipinski definition) is 5. The molecule has 2 atom stereocenters. The van der Waals surface area contributed by atoms with E-state index in [9.17, 15) is 0 Å². The number of nitrogens with zero attached hydrogens (tertiary/aromatic N) is 4. The van der Waals surface area contributed by atoms with Gasteiger partial charge in [-0.2, -0.15) is 10.1 Å². The number of anilines is 2. The van der Waals surface area contributed by atoms with Gasteiger partial charge in [0, 0.05) is 35.4 Å². The first-order valence-electron chi connectivity index (χ1n) is 10.8. The molecule has 0 radical (unpaired) electrons. The average Bonchev–Trinajstić information content (AvgIpc) is 3.31. The topological polar surface area (TPSA) is 55.2 Å². The largest absolute Gasteiger partial charge is 0.480 e. The van der Waals surface area contributed by atoms with Crippen LogP contribution in [0.4, 0.5) is 11.6 Å². The molecule has 0 fully saturated rings. The van der Waals surface area contributed by atoms with Crippen LogP contribution in [0.1, 0.15) is 28.8 Å². The molecular weight excluding hydrogens is 478 g/mol. The molecule has 2 unspecified atom stereocenters. The second-order valence-electron chi connectivity index (χ2n) is 8.42. The van der Waals surface area contributed by atoms with Crippen LogP contribution in [0.5, 0.6) is 5.75 Å². The van der Waals surface area contributed by atoms with Gasteiger partial charge < -0.3 is 15.0 Å². The molecule has 7 heteroatoms. The van der Waals surface area contributed by atoms with Crippen LogP contribution in [0.15, 0.2) is 89.2 Å². The van der Waals surface area contributed by atoms with Crippen LogP contribution in [-0.4, -0.2) is 28.9 Å². The van der Waals surface area contributed by atoms with Gasteiger partial charge >= 0.3 is 0 Å². The number of halogens is 1. The third-order valence-corrected chi connectivity index (χ3v) is 6.75. The first-order chi connectivity index (χ1) is 16.1. The quantitative estimate of drug-likeness (QED) is 0.393. The van der Waals surface area contributed by atoms with Crippen LogP contribution in [0, 0.1) is 0 Å². The Morgan fingerprint density at radius 3 is 2.42 bits per heavy atom. The van der Waals surface area contributed by atoms with Crippen LogP contribution in [0.25, 0.3) is 5.70 Å². The predicted molar refractivity (Wildman–Crippen MR) is 133 cm³/mol. The summed E-state index contributed by atoms with van der Waals surface area (Å²) in [7, 11) is 4.09. The van der Waals surface area contributed by atoms with E-state index in [0.29, 0.717) is 0 Å². The standard InChI is InChI=1S/C26H22BrN5O/c1-31(2)19-13-9-17(10-14-19)25-22-23(20-5-3-4-6-21(20)33-25)30-26-28-15-29-32(26)24(22)16-7-11-18(27)12-8-16/h3-15,24-25H,1-2H3,(H,28,29,30). The third kappa shape index (κ3) is 3.31. The molecule has 2 aliphatic heterocycles. The molecule has 0 bridgehead atoms. The van der Waals surface area contributed by atoms with Gasteiger partial charge in [-0.05, 0) is 47.5 Å². The van der Waals surface area contributed by atoms with Crippen molar-refractivity contribution in [2.75, 3.05) is 24.3 Å². The van der Waals surface area contributed by atoms with Crippen molar-refractivity contribution in [1.29, 1.82) is 0 Å². The van der Waals surface area contributed by atoms with Gasteiger partial charge in [0.1, 0.15) is 24.2 Å². The first kappa shape index (κ1) is 20.1. The highest BCUT2D eigenvalue weighted by molar-refractivity contribution is 9.10. The lowest BCUT2D eigenvalue weighted by Gasteiger charge is -2.39. The molecule has 164 valence electrons. The van der Waals surface area contributed by atoms with Gasteiger partial charge in [0.25, 0.3) is 0 Å². The molecule has 1 N–H and O–H groups in total. The molecule has 1 aromatic heterocycles. The van der Waals surface area contributed by atoms with Crippen LogP contribution >= 0.6 is 15.9 Å². The van der Waals surface area contributed by atoms with E-state index in [1.165, 1.54) is 0 Å². The maximum Gasteiger partial charge on any atom is 0.226 e. The lowest BCUT2D eigenvalue weighted by Crippen LogP contribution is -2.32. The Labute approximate surface area is 200 Å². The predicted octanol–water partition coefficient (Wildman–Crippen LogP) is 5.67. The number of benzene rings is 3. The van der Waals surface area contributed by atoms with Crippen LogP contribution in [0.2, 0.25) is 0 Å². The van der Waals surface area contributed by atoms with Crippen molar-refractivity contribution in [3.63, 3.8) is 0 Å². The van der Waals surface area contributed by atoms with Crippen molar-refractivity contribution in [3.05, 3.63) is 106 Å². The second-order valence-corrected chi connectivity index (χ2v) is 9.33. The second kappa shape index (κ2) is 7.78. The normalized spacial score (nSPS) is 18.5. The maximum absolute atomic E-state index is 6.67. The van der Waals surface area contributed by atoms with E-state index >= 15 is 0 Å². The summed E-state index contributed by atoms with van der Waals surface area (Å²) in [4.78, 5) is 6.59. The van der Waals surface area contributed by atoms with E-state index in [0.717, 1.165) is 49.8 Å². The number of aromatic nitrogens is 3. The fourth-order valence-electron chi connectivity index (χ4n) is 4.61. The summed E-state index contributed by atoms with van der Waals surface area (Å²) in [5, 5.41) is 8.13. The number of rotatable bonds is 3. The Bertz CT molecular complexity index is 1360. The summed E-state index contributed by atoms with van der Waals surface area (Å²) in [5.74, 6) is 1.58. The lowest BCUT2D eigenvalue weighted by atomic mass is 9.84. The zero-order valence-electron chi connectivity index (χ0n) is 18.2. The first-order valence-corrected chi connectivity index (χ1v) is 11.6. The number of fused-ring (bicyclic) bond motifs is 3. The zero-order valence-corrected chi connectivity index (χ0v) is 19.8. The molecule has 3 aromatic carbocycles. The fourth-order valence-corrected chi connectivity index (χ4v) is 4.87. The smallest absolute Gasteiger partial charge is 0.226 e. The van der Waals surface area contributed by atoms with Crippen molar-refractivity contribution in [2.45, 2.75) is 12.1 Å². The summed E-state index contributed by atoms with van der Waals surface area (Å²) < 4.78 is 9.65. The molecule has 0 amide bonds. The highest BCUT2D eigenvalue weighted by Crippen LogP contribution is 2.50. The maximum atomic E-state index is 6.67. The van der Waals surface area contributed by atoms with Gasteiger partial charge in [-0.25, -0.2) is 4.68 Å². The molecule has 3 heterocycles. The number of nitrogens with one attached hydrogen (secondary N) is 1. The van der Waals surface area contributed by atoms with E-state index in [2.05, 4.69) is 90.8 Å². The Kier molecular flexibility index (Phi) is 4.73. The molecule has 33 heavy (non-hydrogen) atoms. The summed E-state index contributed by atoms with van der Waals surface area (Å²) in [6, 6.07) is 24.9. The van der Waals surface area contributed by atoms with Gasteiger partial charge in [0.15, 0.2) is 0 Å². The Morgan fingerprint density at radius 2 is 1.67 bits per heavy atom. The monoisotopic (exact) mass is 499 g/mol. The van der Waals surface area contributed by atoms with E-state index in [4.69, 9.17) is 4.74 Å². The minimum Gasteiger partial charge on any atom is -0.480 e. The minimum absolute atomic E-state index is 0.154. The van der Waals surface area contributed by atoms with E-state index in [1.807, 2.05) is 37.0 Å². The van der Waals surface area contributed by atoms with Crippen LogP contribution in [0.3, 0.4) is 0 Å². The molecule has 0 spiro atoms. The van der Waals surface area contributed by atoms with Crippen molar-refractivity contribution in [2.24, 2.45) is 0 Å². The van der Waals surface area contributed by atoms with E-state index < -0.39 is 0 Å². The van der Waals surface area contributed by atoms with Gasteiger partial charge in [-0.3, -0.25) is 0 Å². The zero-order chi connectivity index (χ0) is 22.5. The SMILES string of the molecule is CN(C)c1ccc(C2Oc3ccccc3C3=C2C(c2ccc(Br)cc2)n2ncnc2N3)cc1. The summed E-state index contributed by atoms with van der Waals surface area (Å²) in [6.07, 6.45) is 1.32. The van der Waals surface area contributed by atoms with Crippen molar-refractivity contribution < 1.29 is 4.74 Å². The third-order valence-electron chi connectivity index (χ3n) is 6.22. The summed E-state index contributed by atoms with van der Waals surface area (Å²) in [5.41, 5.74) is 6.55. The molecule has 0 saturated carbocycles. The van der Waals surface area contributed by atoms with Gasteiger partial charge in [-0.1, -0.05) is 52.3 Å². The Balaban J connectivity index is 1.58. The van der Waals surface area contributed by atoms with Gasteiger partial charge in [-0.15, -0.1) is 0 Å². The molecule has 2 aliphatic rings.